The van der Waals surface area contributed by atoms with E-state index in [1.165, 1.54) is 0 Å². The Bertz CT molecular complexity index is 376. The molecule has 2 saturated heterocycles. The van der Waals surface area contributed by atoms with E-state index in [2.05, 4.69) is 5.32 Å². The van der Waals surface area contributed by atoms with E-state index in [-0.39, 0.29) is 30.6 Å². The first kappa shape index (κ1) is 13.8. The van der Waals surface area contributed by atoms with Crippen LogP contribution in [0.1, 0.15) is 25.7 Å². The Morgan fingerprint density at radius 1 is 1.32 bits per heavy atom. The van der Waals surface area contributed by atoms with Crippen LogP contribution < -0.4 is 5.32 Å². The number of hydrogen-bond donors (Lipinski definition) is 2. The van der Waals surface area contributed by atoms with Gasteiger partial charge in [0.25, 0.3) is 0 Å². The molecule has 2 amide bonds. The van der Waals surface area contributed by atoms with Gasteiger partial charge in [0, 0.05) is 19.5 Å². The summed E-state index contributed by atoms with van der Waals surface area (Å²) in [5.74, 6) is -1.09. The number of ether oxygens (including phenoxy) is 1. The second kappa shape index (κ2) is 6.01. The number of aliphatic carboxylic acids is 1. The molecule has 0 aliphatic carbocycles. The van der Waals surface area contributed by atoms with Crippen LogP contribution in [-0.2, 0) is 19.1 Å². The van der Waals surface area contributed by atoms with Crippen LogP contribution in [0.25, 0.3) is 0 Å². The largest absolute Gasteiger partial charge is 0.480 e. The first-order chi connectivity index (χ1) is 9.06. The number of carboxylic acid groups (broad SMARTS) is 1. The maximum atomic E-state index is 12.1. The molecule has 0 unspecified atom stereocenters. The Hall–Kier alpha value is -1.63. The van der Waals surface area contributed by atoms with Crippen LogP contribution in [0.3, 0.4) is 0 Å². The highest BCUT2D eigenvalue weighted by Crippen LogP contribution is 2.17. The monoisotopic (exact) mass is 270 g/mol. The first-order valence-corrected chi connectivity index (χ1v) is 6.48. The van der Waals surface area contributed by atoms with Gasteiger partial charge in [0.2, 0.25) is 11.8 Å². The Labute approximate surface area is 110 Å². The van der Waals surface area contributed by atoms with Crippen molar-refractivity contribution in [2.75, 3.05) is 19.7 Å². The Balaban J connectivity index is 1.75. The van der Waals surface area contributed by atoms with Crippen LogP contribution in [0.5, 0.6) is 0 Å². The van der Waals surface area contributed by atoms with E-state index in [9.17, 15) is 14.4 Å². The average Bonchev–Trinajstić information content (AvgIpc) is 2.83. The fraction of sp³-hybridized carbons (Fsp3) is 0.750. The zero-order valence-corrected chi connectivity index (χ0v) is 10.6. The van der Waals surface area contributed by atoms with Crippen molar-refractivity contribution < 1.29 is 24.2 Å². The molecule has 7 nitrogen and oxygen atoms in total. The molecular weight excluding hydrogens is 252 g/mol. The number of carbonyl (C=O) groups is 3. The molecule has 19 heavy (non-hydrogen) atoms. The lowest BCUT2D eigenvalue weighted by Gasteiger charge is -2.33. The summed E-state index contributed by atoms with van der Waals surface area (Å²) >= 11 is 0. The van der Waals surface area contributed by atoms with Gasteiger partial charge < -0.3 is 20.1 Å². The van der Waals surface area contributed by atoms with Crippen molar-refractivity contribution >= 4 is 17.8 Å². The van der Waals surface area contributed by atoms with Crippen molar-refractivity contribution in [2.45, 2.75) is 37.8 Å². The van der Waals surface area contributed by atoms with E-state index in [1.54, 1.807) is 4.90 Å². The summed E-state index contributed by atoms with van der Waals surface area (Å²) in [5, 5.41) is 11.2. The molecule has 2 heterocycles. The van der Waals surface area contributed by atoms with Gasteiger partial charge in [-0.15, -0.1) is 0 Å². The second-order valence-electron chi connectivity index (χ2n) is 4.89. The summed E-state index contributed by atoms with van der Waals surface area (Å²) in [5.41, 5.74) is 0. The molecule has 7 heteroatoms. The maximum Gasteiger partial charge on any atom is 0.329 e. The van der Waals surface area contributed by atoms with Crippen molar-refractivity contribution in [2.24, 2.45) is 0 Å². The molecule has 0 spiro atoms. The lowest BCUT2D eigenvalue weighted by molar-refractivity contribution is -0.147. The highest BCUT2D eigenvalue weighted by molar-refractivity contribution is 5.90. The second-order valence-corrected chi connectivity index (χ2v) is 4.89. The number of nitrogens with one attached hydrogen (secondary N) is 1. The van der Waals surface area contributed by atoms with Gasteiger partial charge in [0.05, 0.1) is 6.10 Å². The molecular formula is C12H18N2O5. The summed E-state index contributed by atoms with van der Waals surface area (Å²) in [6.45, 7) is 0.808. The highest BCUT2D eigenvalue weighted by Gasteiger charge is 2.32. The van der Waals surface area contributed by atoms with Gasteiger partial charge in [-0.05, 0) is 19.3 Å². The molecule has 2 rings (SSSR count). The summed E-state index contributed by atoms with van der Waals surface area (Å²) in [6.07, 6.45) is 2.15. The Morgan fingerprint density at radius 3 is 2.53 bits per heavy atom. The lowest BCUT2D eigenvalue weighted by atomic mass is 10.1. The van der Waals surface area contributed by atoms with E-state index in [4.69, 9.17) is 9.84 Å². The SMILES string of the molecule is O=C(O)COC1CCN(C(=O)[C@H]2CCC(=O)N2)CC1. The standard InChI is InChI=1S/C12H18N2O5/c15-10-2-1-9(13-10)12(18)14-5-3-8(4-6-14)19-7-11(16)17/h8-9H,1-7H2,(H,13,15)(H,16,17)/t9-/m1/s1. The summed E-state index contributed by atoms with van der Waals surface area (Å²) in [4.78, 5) is 35.3. The van der Waals surface area contributed by atoms with E-state index in [0.717, 1.165) is 0 Å². The van der Waals surface area contributed by atoms with Crippen molar-refractivity contribution in [3.63, 3.8) is 0 Å². The number of likely N-dealkylation sites (tertiary alicyclic amines) is 1. The molecule has 0 radical (unpaired) electrons. The quantitative estimate of drug-likeness (QED) is 0.708. The molecule has 1 atom stereocenters. The molecule has 0 bridgehead atoms. The van der Waals surface area contributed by atoms with E-state index >= 15 is 0 Å². The van der Waals surface area contributed by atoms with Crippen LogP contribution in [0.2, 0.25) is 0 Å². The van der Waals surface area contributed by atoms with Crippen LogP contribution in [0.15, 0.2) is 0 Å². The summed E-state index contributed by atoms with van der Waals surface area (Å²) < 4.78 is 5.21. The van der Waals surface area contributed by atoms with Crippen molar-refractivity contribution in [1.82, 2.24) is 10.2 Å². The molecule has 0 aromatic rings. The van der Waals surface area contributed by atoms with E-state index in [1.807, 2.05) is 0 Å². The van der Waals surface area contributed by atoms with Gasteiger partial charge in [0.15, 0.2) is 0 Å². The normalized spacial score (nSPS) is 24.3. The third kappa shape index (κ3) is 3.66. The zero-order valence-electron chi connectivity index (χ0n) is 10.6. The smallest absolute Gasteiger partial charge is 0.329 e. The van der Waals surface area contributed by atoms with E-state index < -0.39 is 5.97 Å². The number of rotatable bonds is 4. The van der Waals surface area contributed by atoms with Crippen molar-refractivity contribution in [3.05, 3.63) is 0 Å². The van der Waals surface area contributed by atoms with Crippen molar-refractivity contribution in [3.8, 4) is 0 Å². The Kier molecular flexibility index (Phi) is 4.36. The van der Waals surface area contributed by atoms with Crippen LogP contribution in [-0.4, -0.2) is 59.6 Å². The molecule has 0 aromatic carbocycles. The van der Waals surface area contributed by atoms with Crippen LogP contribution in [0, 0.1) is 0 Å². The third-order valence-corrected chi connectivity index (χ3v) is 3.49. The fourth-order valence-corrected chi connectivity index (χ4v) is 2.45. The average molecular weight is 270 g/mol. The predicted molar refractivity (Wildman–Crippen MR) is 64.4 cm³/mol. The van der Waals surface area contributed by atoms with Crippen LogP contribution >= 0.6 is 0 Å². The molecule has 2 N–H and O–H groups in total. The topological polar surface area (TPSA) is 95.9 Å². The number of nitrogens with zero attached hydrogens (tertiary/aromatic N) is 1. The minimum Gasteiger partial charge on any atom is -0.480 e. The molecule has 0 saturated carbocycles. The lowest BCUT2D eigenvalue weighted by Crippen LogP contribution is -2.48. The fourth-order valence-electron chi connectivity index (χ4n) is 2.45. The van der Waals surface area contributed by atoms with Gasteiger partial charge in [-0.2, -0.15) is 0 Å². The minimum atomic E-state index is -0.979. The van der Waals surface area contributed by atoms with E-state index in [0.29, 0.717) is 38.8 Å². The summed E-state index contributed by atoms with van der Waals surface area (Å²) in [7, 11) is 0. The summed E-state index contributed by atoms with van der Waals surface area (Å²) in [6, 6.07) is -0.385. The number of piperidine rings is 1. The van der Waals surface area contributed by atoms with Gasteiger partial charge in [-0.1, -0.05) is 0 Å². The molecule has 2 fully saturated rings. The van der Waals surface area contributed by atoms with Crippen molar-refractivity contribution in [1.29, 1.82) is 0 Å². The third-order valence-electron chi connectivity index (χ3n) is 3.49. The minimum absolute atomic E-state index is 0.0393. The maximum absolute atomic E-state index is 12.1. The van der Waals surface area contributed by atoms with Gasteiger partial charge in [-0.25, -0.2) is 4.79 Å². The molecule has 0 aromatic heterocycles. The molecule has 2 aliphatic rings. The number of carbonyl (C=O) groups excluding carboxylic acids is 2. The predicted octanol–water partition coefficient (Wildman–Crippen LogP) is -0.643. The Morgan fingerprint density at radius 2 is 2.00 bits per heavy atom. The first-order valence-electron chi connectivity index (χ1n) is 6.48. The number of carboxylic acids is 1. The van der Waals surface area contributed by atoms with Crippen LogP contribution in [0.4, 0.5) is 0 Å². The molecule has 106 valence electrons. The zero-order chi connectivity index (χ0) is 13.8. The number of hydrogen-bond acceptors (Lipinski definition) is 4. The van der Waals surface area contributed by atoms with Gasteiger partial charge in [0.1, 0.15) is 12.6 Å². The van der Waals surface area contributed by atoms with Gasteiger partial charge >= 0.3 is 5.97 Å². The molecule has 2 aliphatic heterocycles. The van der Waals surface area contributed by atoms with Gasteiger partial charge in [-0.3, -0.25) is 9.59 Å². The number of amides is 2. The highest BCUT2D eigenvalue weighted by atomic mass is 16.5.